The van der Waals surface area contributed by atoms with E-state index in [4.69, 9.17) is 15.2 Å². The normalized spacial score (nSPS) is 24.0. The number of hydrogen-bond donors (Lipinski definition) is 1. The first kappa shape index (κ1) is 15.8. The second-order valence-electron chi connectivity index (χ2n) is 6.36. The molecule has 1 atom stereocenters. The van der Waals surface area contributed by atoms with Crippen molar-refractivity contribution in [2.24, 2.45) is 10.7 Å². The first-order chi connectivity index (χ1) is 11.9. The van der Waals surface area contributed by atoms with E-state index in [0.717, 1.165) is 16.7 Å². The summed E-state index contributed by atoms with van der Waals surface area (Å²) in [5, 5.41) is 0. The number of rotatable bonds is 1. The molecule has 5 nitrogen and oxygen atoms in total. The van der Waals surface area contributed by atoms with Crippen molar-refractivity contribution in [1.29, 1.82) is 0 Å². The minimum atomic E-state index is -3.18. The molecule has 1 spiro atoms. The van der Waals surface area contributed by atoms with Gasteiger partial charge in [0.2, 0.25) is 0 Å². The van der Waals surface area contributed by atoms with Crippen LogP contribution in [0.25, 0.3) is 11.1 Å². The van der Waals surface area contributed by atoms with Gasteiger partial charge in [0, 0.05) is 29.9 Å². The Morgan fingerprint density at radius 1 is 1.12 bits per heavy atom. The number of nitrogens with two attached hydrogens (primary N) is 1. The fourth-order valence-electron chi connectivity index (χ4n) is 3.40. The fourth-order valence-corrected chi connectivity index (χ4v) is 3.40. The number of alkyl halides is 2. The van der Waals surface area contributed by atoms with Gasteiger partial charge in [-0.2, -0.15) is 8.78 Å². The average molecular weight is 345 g/mol. The van der Waals surface area contributed by atoms with Crippen molar-refractivity contribution in [3.63, 3.8) is 0 Å². The molecule has 0 radical (unpaired) electrons. The van der Waals surface area contributed by atoms with E-state index in [1.54, 1.807) is 24.5 Å². The number of ether oxygens (including phenoxy) is 2. The van der Waals surface area contributed by atoms with Crippen LogP contribution in [0.5, 0.6) is 5.75 Å². The zero-order valence-corrected chi connectivity index (χ0v) is 13.6. The summed E-state index contributed by atoms with van der Waals surface area (Å²) < 4.78 is 40.1. The van der Waals surface area contributed by atoms with E-state index in [1.807, 2.05) is 19.1 Å². The van der Waals surface area contributed by atoms with Crippen LogP contribution in [0.15, 0.2) is 41.7 Å². The van der Waals surface area contributed by atoms with E-state index < -0.39 is 18.1 Å². The Morgan fingerprint density at radius 2 is 1.96 bits per heavy atom. The van der Waals surface area contributed by atoms with Crippen LogP contribution in [0.3, 0.4) is 0 Å². The maximum atomic E-state index is 14.8. The highest BCUT2D eigenvalue weighted by atomic mass is 19.3. The van der Waals surface area contributed by atoms with Gasteiger partial charge in [-0.3, -0.25) is 4.98 Å². The van der Waals surface area contributed by atoms with Crippen molar-refractivity contribution >= 4 is 6.02 Å². The molecule has 2 aliphatic rings. The van der Waals surface area contributed by atoms with Crippen LogP contribution in [0, 0.1) is 6.92 Å². The molecule has 0 saturated carbocycles. The van der Waals surface area contributed by atoms with Crippen LogP contribution in [0.4, 0.5) is 8.78 Å². The third-order valence-electron chi connectivity index (χ3n) is 4.66. The molecule has 0 aliphatic carbocycles. The lowest BCUT2D eigenvalue weighted by Gasteiger charge is -2.43. The smallest absolute Gasteiger partial charge is 0.310 e. The molecule has 25 heavy (non-hydrogen) atoms. The lowest BCUT2D eigenvalue weighted by atomic mass is 9.78. The van der Waals surface area contributed by atoms with E-state index in [9.17, 15) is 8.78 Å². The second-order valence-corrected chi connectivity index (χ2v) is 6.36. The van der Waals surface area contributed by atoms with E-state index in [-0.39, 0.29) is 19.0 Å². The van der Waals surface area contributed by atoms with Crippen molar-refractivity contribution < 1.29 is 18.3 Å². The Hall–Kier alpha value is -2.70. The highest BCUT2D eigenvalue weighted by molar-refractivity contribution is 5.74. The highest BCUT2D eigenvalue weighted by Crippen LogP contribution is 2.52. The van der Waals surface area contributed by atoms with Gasteiger partial charge in [0.05, 0.1) is 6.61 Å². The monoisotopic (exact) mass is 345 g/mol. The first-order valence-corrected chi connectivity index (χ1v) is 7.97. The number of aliphatic imine (C=N–C) groups is 1. The lowest BCUT2D eigenvalue weighted by molar-refractivity contribution is -0.132. The van der Waals surface area contributed by atoms with Gasteiger partial charge in [-0.15, -0.1) is 0 Å². The number of fused-ring (bicyclic) bond motifs is 2. The molecule has 0 saturated heterocycles. The molecule has 1 aromatic carbocycles. The Bertz CT molecular complexity index is 869. The quantitative estimate of drug-likeness (QED) is 0.863. The van der Waals surface area contributed by atoms with Crippen molar-refractivity contribution in [1.82, 2.24) is 4.98 Å². The molecule has 0 unspecified atom stereocenters. The summed E-state index contributed by atoms with van der Waals surface area (Å²) >= 11 is 0. The molecule has 130 valence electrons. The van der Waals surface area contributed by atoms with E-state index in [1.165, 1.54) is 0 Å². The minimum Gasteiger partial charge on any atom is -0.493 e. The van der Waals surface area contributed by atoms with Gasteiger partial charge in [-0.1, -0.05) is 6.07 Å². The molecule has 7 heteroatoms. The number of hydrogen-bond acceptors (Lipinski definition) is 5. The van der Waals surface area contributed by atoms with E-state index in [2.05, 4.69) is 9.98 Å². The predicted octanol–water partition coefficient (Wildman–Crippen LogP) is 3.02. The highest BCUT2D eigenvalue weighted by Gasteiger charge is 2.60. The number of nitrogens with zero attached hydrogens (tertiary/aromatic N) is 2. The molecule has 2 N–H and O–H groups in total. The Kier molecular flexibility index (Phi) is 3.42. The molecule has 1 aromatic heterocycles. The number of benzene rings is 1. The van der Waals surface area contributed by atoms with Crippen molar-refractivity contribution in [2.45, 2.75) is 24.8 Å². The first-order valence-electron chi connectivity index (χ1n) is 7.97. The maximum Gasteiger partial charge on any atom is 0.310 e. The van der Waals surface area contributed by atoms with Gasteiger partial charge < -0.3 is 15.2 Å². The van der Waals surface area contributed by atoms with Crippen LogP contribution in [-0.2, 0) is 10.3 Å². The summed E-state index contributed by atoms with van der Waals surface area (Å²) in [5.74, 6) is -2.79. The topological polar surface area (TPSA) is 69.7 Å². The maximum absolute atomic E-state index is 14.8. The predicted molar refractivity (Wildman–Crippen MR) is 88.7 cm³/mol. The number of aromatic nitrogens is 1. The number of pyridine rings is 1. The zero-order chi connectivity index (χ0) is 17.7. The van der Waals surface area contributed by atoms with Crippen molar-refractivity contribution in [2.75, 3.05) is 13.2 Å². The van der Waals surface area contributed by atoms with Crippen LogP contribution in [0.2, 0.25) is 0 Å². The summed E-state index contributed by atoms with van der Waals surface area (Å²) in [4.78, 5) is 8.22. The molecular formula is C18H17F2N3O2. The SMILES string of the molecule is Cc1cncc(-c2ccc3c(c2)[C@@]2(CCO3)N=C(N)OCC2(F)F)c1. The van der Waals surface area contributed by atoms with Crippen molar-refractivity contribution in [3.8, 4) is 16.9 Å². The van der Waals surface area contributed by atoms with Gasteiger partial charge in [-0.25, -0.2) is 4.99 Å². The van der Waals surface area contributed by atoms with Gasteiger partial charge in [0.15, 0.2) is 12.1 Å². The third kappa shape index (κ3) is 2.42. The van der Waals surface area contributed by atoms with E-state index >= 15 is 0 Å². The Balaban J connectivity index is 1.91. The summed E-state index contributed by atoms with van der Waals surface area (Å²) in [5.41, 5.74) is 6.79. The molecule has 3 heterocycles. The molecule has 0 bridgehead atoms. The van der Waals surface area contributed by atoms with Crippen LogP contribution >= 0.6 is 0 Å². The molecule has 0 amide bonds. The lowest BCUT2D eigenvalue weighted by Crippen LogP contribution is -2.54. The Morgan fingerprint density at radius 3 is 2.76 bits per heavy atom. The van der Waals surface area contributed by atoms with Gasteiger partial charge in [0.25, 0.3) is 6.02 Å². The van der Waals surface area contributed by atoms with Crippen LogP contribution in [-0.4, -0.2) is 30.1 Å². The van der Waals surface area contributed by atoms with Gasteiger partial charge >= 0.3 is 5.92 Å². The standard InChI is InChI=1S/C18H17F2N3O2/c1-11-6-13(9-22-8-11)12-2-3-15-14(7-12)17(4-5-24-15)18(19,20)10-25-16(21)23-17/h2-3,6-9H,4-5,10H2,1H3,(H2,21,23)/t17-/m1/s1. The van der Waals surface area contributed by atoms with Crippen LogP contribution < -0.4 is 10.5 Å². The van der Waals surface area contributed by atoms with Gasteiger partial charge in [0.1, 0.15) is 5.75 Å². The van der Waals surface area contributed by atoms with E-state index in [0.29, 0.717) is 11.3 Å². The number of amidine groups is 1. The minimum absolute atomic E-state index is 0.0343. The fraction of sp³-hybridized carbons (Fsp3) is 0.333. The third-order valence-corrected chi connectivity index (χ3v) is 4.66. The van der Waals surface area contributed by atoms with Gasteiger partial charge in [-0.05, 0) is 36.2 Å². The molecule has 2 aromatic rings. The van der Waals surface area contributed by atoms with Crippen LogP contribution in [0.1, 0.15) is 17.5 Å². The molecular weight excluding hydrogens is 328 g/mol. The second kappa shape index (κ2) is 5.40. The largest absolute Gasteiger partial charge is 0.493 e. The summed E-state index contributed by atoms with van der Waals surface area (Å²) in [6.07, 6.45) is 3.47. The zero-order valence-electron chi connectivity index (χ0n) is 13.6. The molecule has 4 rings (SSSR count). The summed E-state index contributed by atoms with van der Waals surface area (Å²) in [6.45, 7) is 1.28. The summed E-state index contributed by atoms with van der Waals surface area (Å²) in [7, 11) is 0. The number of halogens is 2. The Labute approximate surface area is 143 Å². The van der Waals surface area contributed by atoms with Crippen molar-refractivity contribution in [3.05, 3.63) is 47.8 Å². The molecule has 0 fully saturated rings. The summed E-state index contributed by atoms with van der Waals surface area (Å²) in [6, 6.07) is 6.96. The number of aryl methyl sites for hydroxylation is 1. The average Bonchev–Trinajstić information content (AvgIpc) is 2.59. The molecule has 2 aliphatic heterocycles.